The van der Waals surface area contributed by atoms with Gasteiger partial charge in [-0.2, -0.15) is 5.26 Å². The highest BCUT2D eigenvalue weighted by atomic mass is 16.1. The maximum Gasteiger partial charge on any atom is 0.222 e. The van der Waals surface area contributed by atoms with E-state index in [9.17, 15) is 10.1 Å². The molecule has 118 valence electrons. The molecule has 1 aliphatic carbocycles. The molecule has 5 nitrogen and oxygen atoms in total. The summed E-state index contributed by atoms with van der Waals surface area (Å²) in [6.07, 6.45) is 3.96. The van der Waals surface area contributed by atoms with Gasteiger partial charge in [0.1, 0.15) is 11.9 Å². The fourth-order valence-corrected chi connectivity index (χ4v) is 3.00. The van der Waals surface area contributed by atoms with E-state index in [1.54, 1.807) is 7.05 Å². The molecule has 2 N–H and O–H groups in total. The number of nitrogens with one attached hydrogen (secondary N) is 2. The first-order valence-corrected chi connectivity index (χ1v) is 7.89. The zero-order valence-electron chi connectivity index (χ0n) is 13.6. The first kappa shape index (κ1) is 16.3. The van der Waals surface area contributed by atoms with Gasteiger partial charge in [-0.3, -0.25) is 4.79 Å². The SMILES string of the molecule is CNC(=O)C1CCC(CNc2nc(C)c(C)cc2C#N)CC1. The van der Waals surface area contributed by atoms with E-state index in [4.69, 9.17) is 0 Å². The lowest BCUT2D eigenvalue weighted by molar-refractivity contribution is -0.125. The quantitative estimate of drug-likeness (QED) is 0.895. The van der Waals surface area contributed by atoms with Crippen LogP contribution in [-0.2, 0) is 4.79 Å². The van der Waals surface area contributed by atoms with Crippen molar-refractivity contribution in [2.24, 2.45) is 11.8 Å². The molecule has 1 aliphatic rings. The van der Waals surface area contributed by atoms with Crippen LogP contribution in [0.1, 0.15) is 42.5 Å². The Balaban J connectivity index is 1.91. The van der Waals surface area contributed by atoms with Crippen molar-refractivity contribution in [3.05, 3.63) is 22.9 Å². The molecule has 1 aromatic heterocycles. The standard InChI is InChI=1S/C17H24N4O/c1-11-8-15(9-18)16(21-12(11)2)20-10-13-4-6-14(7-5-13)17(22)19-3/h8,13-14H,4-7,10H2,1-3H3,(H,19,22)(H,20,21). The molecule has 0 radical (unpaired) electrons. The van der Waals surface area contributed by atoms with Gasteiger partial charge in [-0.25, -0.2) is 4.98 Å². The molecule has 22 heavy (non-hydrogen) atoms. The number of hydrogen-bond donors (Lipinski definition) is 2. The number of amides is 1. The third-order valence-electron chi connectivity index (χ3n) is 4.61. The van der Waals surface area contributed by atoms with Crippen molar-refractivity contribution in [2.45, 2.75) is 39.5 Å². The molecule has 1 amide bonds. The Kier molecular flexibility index (Phi) is 5.37. The first-order chi connectivity index (χ1) is 10.5. The van der Waals surface area contributed by atoms with Gasteiger partial charge in [0.15, 0.2) is 0 Å². The molecule has 1 saturated carbocycles. The summed E-state index contributed by atoms with van der Waals surface area (Å²) >= 11 is 0. The smallest absolute Gasteiger partial charge is 0.222 e. The second kappa shape index (κ2) is 7.26. The second-order valence-electron chi connectivity index (χ2n) is 6.11. The minimum atomic E-state index is 0.161. The fraction of sp³-hybridized carbons (Fsp3) is 0.588. The van der Waals surface area contributed by atoms with Crippen LogP contribution in [0.2, 0.25) is 0 Å². The van der Waals surface area contributed by atoms with Gasteiger partial charge < -0.3 is 10.6 Å². The number of aryl methyl sites for hydroxylation is 2. The van der Waals surface area contributed by atoms with Gasteiger partial charge in [0.25, 0.3) is 0 Å². The van der Waals surface area contributed by atoms with E-state index in [2.05, 4.69) is 21.7 Å². The molecule has 5 heteroatoms. The van der Waals surface area contributed by atoms with Crippen LogP contribution in [-0.4, -0.2) is 24.5 Å². The Hall–Kier alpha value is -2.09. The van der Waals surface area contributed by atoms with Crippen molar-refractivity contribution in [3.8, 4) is 6.07 Å². The van der Waals surface area contributed by atoms with Crippen molar-refractivity contribution in [2.75, 3.05) is 18.9 Å². The number of nitriles is 1. The zero-order valence-corrected chi connectivity index (χ0v) is 13.6. The molecule has 0 aliphatic heterocycles. The van der Waals surface area contributed by atoms with Crippen molar-refractivity contribution in [1.82, 2.24) is 10.3 Å². The van der Waals surface area contributed by atoms with Crippen LogP contribution >= 0.6 is 0 Å². The van der Waals surface area contributed by atoms with Gasteiger partial charge >= 0.3 is 0 Å². The van der Waals surface area contributed by atoms with Crippen LogP contribution in [0.15, 0.2) is 6.07 Å². The van der Waals surface area contributed by atoms with Crippen LogP contribution < -0.4 is 10.6 Å². The predicted molar refractivity (Wildman–Crippen MR) is 86.4 cm³/mol. The van der Waals surface area contributed by atoms with Crippen LogP contribution in [0, 0.1) is 37.0 Å². The number of carbonyl (C=O) groups excluding carboxylic acids is 1. The van der Waals surface area contributed by atoms with E-state index in [1.165, 1.54) is 0 Å². The molecule has 0 unspecified atom stereocenters. The van der Waals surface area contributed by atoms with Crippen LogP contribution in [0.4, 0.5) is 5.82 Å². The molecule has 0 spiro atoms. The predicted octanol–water partition coefficient (Wildman–Crippen LogP) is 2.53. The molecule has 2 rings (SSSR count). The number of pyridine rings is 1. The second-order valence-corrected chi connectivity index (χ2v) is 6.11. The number of anilines is 1. The van der Waals surface area contributed by atoms with Crippen LogP contribution in [0.3, 0.4) is 0 Å². The average molecular weight is 300 g/mol. The van der Waals surface area contributed by atoms with E-state index in [1.807, 2.05) is 19.9 Å². The van der Waals surface area contributed by atoms with Gasteiger partial charge in [-0.1, -0.05) is 0 Å². The van der Waals surface area contributed by atoms with E-state index in [-0.39, 0.29) is 11.8 Å². The molecule has 0 bridgehead atoms. The summed E-state index contributed by atoms with van der Waals surface area (Å²) in [5.74, 6) is 1.54. The average Bonchev–Trinajstić information content (AvgIpc) is 2.55. The summed E-state index contributed by atoms with van der Waals surface area (Å²) in [6.45, 7) is 4.73. The number of rotatable bonds is 4. The Morgan fingerprint density at radius 3 is 2.64 bits per heavy atom. The molecular formula is C17H24N4O. The highest BCUT2D eigenvalue weighted by Gasteiger charge is 2.25. The van der Waals surface area contributed by atoms with Crippen molar-refractivity contribution < 1.29 is 4.79 Å². The summed E-state index contributed by atoms with van der Waals surface area (Å²) in [5.41, 5.74) is 2.58. The summed E-state index contributed by atoms with van der Waals surface area (Å²) in [6, 6.07) is 4.09. The van der Waals surface area contributed by atoms with Gasteiger partial charge in [0.2, 0.25) is 5.91 Å². The maximum atomic E-state index is 11.6. The minimum absolute atomic E-state index is 0.161. The van der Waals surface area contributed by atoms with E-state index < -0.39 is 0 Å². The Morgan fingerprint density at radius 1 is 1.36 bits per heavy atom. The largest absolute Gasteiger partial charge is 0.369 e. The fourth-order valence-electron chi connectivity index (χ4n) is 3.00. The van der Waals surface area contributed by atoms with Gasteiger partial charge in [-0.15, -0.1) is 0 Å². The topological polar surface area (TPSA) is 77.8 Å². The molecular weight excluding hydrogens is 276 g/mol. The minimum Gasteiger partial charge on any atom is -0.369 e. The lowest BCUT2D eigenvalue weighted by atomic mass is 9.81. The molecule has 1 aromatic rings. The van der Waals surface area contributed by atoms with Crippen molar-refractivity contribution in [1.29, 1.82) is 5.26 Å². The van der Waals surface area contributed by atoms with Crippen molar-refractivity contribution in [3.63, 3.8) is 0 Å². The third-order valence-corrected chi connectivity index (χ3v) is 4.61. The molecule has 1 fully saturated rings. The molecule has 0 saturated heterocycles. The van der Waals surface area contributed by atoms with Crippen LogP contribution in [0.25, 0.3) is 0 Å². The summed E-state index contributed by atoms with van der Waals surface area (Å²) in [5, 5.41) is 15.3. The molecule has 0 atom stereocenters. The number of aromatic nitrogens is 1. The monoisotopic (exact) mass is 300 g/mol. The molecule has 1 heterocycles. The number of carbonyl (C=O) groups is 1. The van der Waals surface area contributed by atoms with E-state index in [0.29, 0.717) is 17.3 Å². The van der Waals surface area contributed by atoms with Gasteiger partial charge in [-0.05, 0) is 57.1 Å². The third kappa shape index (κ3) is 3.76. The summed E-state index contributed by atoms with van der Waals surface area (Å²) in [4.78, 5) is 16.1. The normalized spacial score (nSPS) is 21.0. The van der Waals surface area contributed by atoms with Gasteiger partial charge in [0, 0.05) is 25.2 Å². The Labute approximate surface area is 132 Å². The highest BCUT2D eigenvalue weighted by molar-refractivity contribution is 5.78. The first-order valence-electron chi connectivity index (χ1n) is 7.89. The van der Waals surface area contributed by atoms with Crippen LogP contribution in [0.5, 0.6) is 0 Å². The number of nitrogens with zero attached hydrogens (tertiary/aromatic N) is 2. The zero-order chi connectivity index (χ0) is 16.1. The van der Waals surface area contributed by atoms with Gasteiger partial charge in [0.05, 0.1) is 5.56 Å². The summed E-state index contributed by atoms with van der Waals surface area (Å²) in [7, 11) is 1.70. The summed E-state index contributed by atoms with van der Waals surface area (Å²) < 4.78 is 0. The lowest BCUT2D eigenvalue weighted by Crippen LogP contribution is -2.32. The Bertz CT molecular complexity index is 583. The number of hydrogen-bond acceptors (Lipinski definition) is 4. The lowest BCUT2D eigenvalue weighted by Gasteiger charge is -2.27. The van der Waals surface area contributed by atoms with Crippen molar-refractivity contribution >= 4 is 11.7 Å². The Morgan fingerprint density at radius 2 is 2.05 bits per heavy atom. The van der Waals surface area contributed by atoms with E-state index >= 15 is 0 Å². The highest BCUT2D eigenvalue weighted by Crippen LogP contribution is 2.29. The molecule has 0 aromatic carbocycles. The maximum absolute atomic E-state index is 11.6. The van der Waals surface area contributed by atoms with E-state index in [0.717, 1.165) is 43.5 Å².